The van der Waals surface area contributed by atoms with E-state index in [1.165, 1.54) is 0 Å². The summed E-state index contributed by atoms with van der Waals surface area (Å²) in [4.78, 5) is 12.6. The highest BCUT2D eigenvalue weighted by atomic mass is 16.5. The van der Waals surface area contributed by atoms with Crippen LogP contribution in [0.2, 0.25) is 0 Å². The highest BCUT2D eigenvalue weighted by Gasteiger charge is 2.15. The van der Waals surface area contributed by atoms with E-state index in [9.17, 15) is 5.26 Å². The van der Waals surface area contributed by atoms with Crippen LogP contribution < -0.4 is 11.1 Å². The molecule has 154 valence electrons. The van der Waals surface area contributed by atoms with E-state index in [0.29, 0.717) is 5.82 Å². The van der Waals surface area contributed by atoms with Crippen molar-refractivity contribution in [3.63, 3.8) is 0 Å². The topological polar surface area (TPSA) is 131 Å². The molecule has 9 heteroatoms. The number of nitriles is 1. The van der Waals surface area contributed by atoms with Crippen LogP contribution in [0.15, 0.2) is 47.0 Å². The van der Waals surface area contributed by atoms with Crippen molar-refractivity contribution in [2.24, 2.45) is 0 Å². The number of aromatic nitrogens is 5. The van der Waals surface area contributed by atoms with Crippen LogP contribution in [0.5, 0.6) is 0 Å². The standard InChI is InChI=1S/C22H20N8O/c1-13-9-16(15(3)30(13)19-10-14(2)31-29-19)11-17(12-23)20-26-21(24)28-22(27-20)25-18-7-5-4-6-8-18/h4-11H,1-3H3,(H3,24,25,26,27,28)/b17-11-. The van der Waals surface area contributed by atoms with Gasteiger partial charge in [0, 0.05) is 23.1 Å². The molecule has 0 spiro atoms. The minimum atomic E-state index is 0.0214. The van der Waals surface area contributed by atoms with Gasteiger partial charge in [0.15, 0.2) is 11.6 Å². The molecule has 0 saturated carbocycles. The van der Waals surface area contributed by atoms with Gasteiger partial charge in [-0.2, -0.15) is 20.2 Å². The monoisotopic (exact) mass is 412 g/mol. The number of benzene rings is 1. The molecule has 0 radical (unpaired) electrons. The predicted octanol–water partition coefficient (Wildman–Crippen LogP) is 3.97. The average molecular weight is 412 g/mol. The number of nitrogens with two attached hydrogens (primary N) is 1. The molecule has 3 heterocycles. The molecule has 4 aromatic rings. The first-order valence-corrected chi connectivity index (χ1v) is 9.53. The maximum absolute atomic E-state index is 9.79. The van der Waals surface area contributed by atoms with Gasteiger partial charge in [-0.3, -0.25) is 4.57 Å². The highest BCUT2D eigenvalue weighted by Crippen LogP contribution is 2.25. The minimum absolute atomic E-state index is 0.0214. The molecule has 0 bridgehead atoms. The van der Waals surface area contributed by atoms with Gasteiger partial charge in [0.05, 0.1) is 5.57 Å². The summed E-state index contributed by atoms with van der Waals surface area (Å²) in [7, 11) is 0. The van der Waals surface area contributed by atoms with Crippen LogP contribution in [-0.2, 0) is 0 Å². The number of rotatable bonds is 5. The summed E-state index contributed by atoms with van der Waals surface area (Å²) in [5.41, 5.74) is 9.64. The number of hydrogen-bond donors (Lipinski definition) is 2. The number of anilines is 3. The molecular weight excluding hydrogens is 392 g/mol. The first kappa shape index (κ1) is 19.8. The Morgan fingerprint density at radius 2 is 1.90 bits per heavy atom. The second-order valence-electron chi connectivity index (χ2n) is 6.96. The van der Waals surface area contributed by atoms with Crippen molar-refractivity contribution < 1.29 is 4.52 Å². The Balaban J connectivity index is 1.72. The molecule has 1 aromatic carbocycles. The smallest absolute Gasteiger partial charge is 0.232 e. The van der Waals surface area contributed by atoms with Gasteiger partial charge in [-0.05, 0) is 50.6 Å². The van der Waals surface area contributed by atoms with Gasteiger partial charge in [-0.15, -0.1) is 0 Å². The van der Waals surface area contributed by atoms with E-state index in [0.717, 1.165) is 28.4 Å². The van der Waals surface area contributed by atoms with Crippen molar-refractivity contribution in [2.75, 3.05) is 11.1 Å². The van der Waals surface area contributed by atoms with Gasteiger partial charge in [0.2, 0.25) is 11.9 Å². The average Bonchev–Trinajstić information content (AvgIpc) is 3.28. The zero-order chi connectivity index (χ0) is 22.0. The molecule has 0 saturated heterocycles. The van der Waals surface area contributed by atoms with Crippen molar-refractivity contribution in [2.45, 2.75) is 20.8 Å². The van der Waals surface area contributed by atoms with Crippen LogP contribution in [-0.4, -0.2) is 24.7 Å². The lowest BCUT2D eigenvalue weighted by molar-refractivity contribution is 0.394. The van der Waals surface area contributed by atoms with E-state index in [-0.39, 0.29) is 23.3 Å². The molecule has 0 aliphatic heterocycles. The number of aryl methyl sites for hydroxylation is 2. The third-order valence-corrected chi connectivity index (χ3v) is 4.66. The molecule has 3 aromatic heterocycles. The van der Waals surface area contributed by atoms with E-state index in [4.69, 9.17) is 10.3 Å². The molecule has 0 fully saturated rings. The Bertz CT molecular complexity index is 1310. The van der Waals surface area contributed by atoms with E-state index >= 15 is 0 Å². The van der Waals surface area contributed by atoms with E-state index < -0.39 is 0 Å². The minimum Gasteiger partial charge on any atom is -0.368 e. The van der Waals surface area contributed by atoms with Crippen molar-refractivity contribution >= 4 is 29.2 Å². The molecule has 0 unspecified atom stereocenters. The van der Waals surface area contributed by atoms with Crippen LogP contribution in [0.25, 0.3) is 17.5 Å². The summed E-state index contributed by atoms with van der Waals surface area (Å²) in [6.07, 6.45) is 1.73. The van der Waals surface area contributed by atoms with Crippen molar-refractivity contribution in [3.05, 3.63) is 71.0 Å². The number of nitrogens with zero attached hydrogens (tertiary/aromatic N) is 6. The fourth-order valence-electron chi connectivity index (χ4n) is 3.27. The summed E-state index contributed by atoms with van der Waals surface area (Å²) in [6, 6.07) is 15.4. The van der Waals surface area contributed by atoms with Crippen LogP contribution in [0, 0.1) is 32.1 Å². The Labute approximate surface area is 178 Å². The number of para-hydroxylation sites is 1. The number of nitrogen functional groups attached to an aromatic ring is 1. The fourth-order valence-corrected chi connectivity index (χ4v) is 3.27. The van der Waals surface area contributed by atoms with Gasteiger partial charge in [0.1, 0.15) is 11.8 Å². The van der Waals surface area contributed by atoms with Gasteiger partial charge in [-0.25, -0.2) is 0 Å². The lowest BCUT2D eigenvalue weighted by atomic mass is 10.1. The first-order chi connectivity index (χ1) is 14.9. The quantitative estimate of drug-likeness (QED) is 0.471. The number of allylic oxidation sites excluding steroid dienone is 1. The van der Waals surface area contributed by atoms with E-state index in [1.807, 2.05) is 67.8 Å². The largest absolute Gasteiger partial charge is 0.368 e. The lowest BCUT2D eigenvalue weighted by Crippen LogP contribution is -2.06. The van der Waals surface area contributed by atoms with Crippen LogP contribution in [0.3, 0.4) is 0 Å². The van der Waals surface area contributed by atoms with Crippen molar-refractivity contribution in [3.8, 4) is 11.9 Å². The Kier molecular flexibility index (Phi) is 5.20. The van der Waals surface area contributed by atoms with Gasteiger partial charge < -0.3 is 15.6 Å². The lowest BCUT2D eigenvalue weighted by Gasteiger charge is -2.07. The molecular formula is C22H20N8O. The van der Waals surface area contributed by atoms with Gasteiger partial charge in [-0.1, -0.05) is 23.4 Å². The second kappa shape index (κ2) is 8.12. The van der Waals surface area contributed by atoms with E-state index in [1.54, 1.807) is 6.08 Å². The summed E-state index contributed by atoms with van der Waals surface area (Å²) in [5, 5.41) is 16.9. The maximum Gasteiger partial charge on any atom is 0.232 e. The molecule has 0 amide bonds. The first-order valence-electron chi connectivity index (χ1n) is 9.53. The zero-order valence-corrected chi connectivity index (χ0v) is 17.3. The second-order valence-corrected chi connectivity index (χ2v) is 6.96. The van der Waals surface area contributed by atoms with Crippen molar-refractivity contribution in [1.29, 1.82) is 5.26 Å². The summed E-state index contributed by atoms with van der Waals surface area (Å²) in [5.74, 6) is 1.88. The molecule has 4 rings (SSSR count). The Morgan fingerprint density at radius 1 is 1.13 bits per heavy atom. The maximum atomic E-state index is 9.79. The van der Waals surface area contributed by atoms with Crippen LogP contribution in [0.4, 0.5) is 17.6 Å². The SMILES string of the molecule is Cc1cc(-n2c(C)cc(/C=C(/C#N)c3nc(N)nc(Nc4ccccc4)n3)c2C)no1. The number of hydrogen-bond acceptors (Lipinski definition) is 8. The summed E-state index contributed by atoms with van der Waals surface area (Å²) < 4.78 is 7.16. The summed E-state index contributed by atoms with van der Waals surface area (Å²) in [6.45, 7) is 5.75. The summed E-state index contributed by atoms with van der Waals surface area (Å²) >= 11 is 0. The molecule has 0 atom stereocenters. The van der Waals surface area contributed by atoms with Crippen LogP contribution >= 0.6 is 0 Å². The third kappa shape index (κ3) is 4.13. The molecule has 9 nitrogen and oxygen atoms in total. The fraction of sp³-hybridized carbons (Fsp3) is 0.136. The predicted molar refractivity (Wildman–Crippen MR) is 117 cm³/mol. The third-order valence-electron chi connectivity index (χ3n) is 4.66. The van der Waals surface area contributed by atoms with Crippen LogP contribution in [0.1, 0.15) is 28.5 Å². The number of nitrogens with one attached hydrogen (secondary N) is 1. The molecule has 0 aliphatic rings. The molecule has 3 N–H and O–H groups in total. The zero-order valence-electron chi connectivity index (χ0n) is 17.3. The Morgan fingerprint density at radius 3 is 2.58 bits per heavy atom. The van der Waals surface area contributed by atoms with Gasteiger partial charge in [0.25, 0.3) is 0 Å². The Hall–Kier alpha value is -4.45. The highest BCUT2D eigenvalue weighted by molar-refractivity contribution is 5.88. The molecule has 31 heavy (non-hydrogen) atoms. The van der Waals surface area contributed by atoms with Gasteiger partial charge >= 0.3 is 0 Å². The van der Waals surface area contributed by atoms with Crippen molar-refractivity contribution in [1.82, 2.24) is 24.7 Å². The molecule has 0 aliphatic carbocycles. The normalized spacial score (nSPS) is 11.4. The van der Waals surface area contributed by atoms with E-state index in [2.05, 4.69) is 31.5 Å².